The number of hydrogen-bond donors (Lipinski definition) is 0. The van der Waals surface area contributed by atoms with Crippen LogP contribution in [0.2, 0.25) is 5.02 Å². The van der Waals surface area contributed by atoms with Crippen LogP contribution in [0.25, 0.3) is 0 Å². The van der Waals surface area contributed by atoms with Gasteiger partial charge in [-0.3, -0.25) is 14.9 Å². The maximum Gasteiger partial charge on any atom is 0.271 e. The number of halogens is 2. The number of ketones is 1. The molecule has 0 saturated carbocycles. The number of alkyl halides is 1. The van der Waals surface area contributed by atoms with Gasteiger partial charge < -0.3 is 0 Å². The fourth-order valence-corrected chi connectivity index (χ4v) is 1.75. The average Bonchev–Trinajstić information content (AvgIpc) is 2.16. The molecular formula is C9H7Cl2NO3. The van der Waals surface area contributed by atoms with Gasteiger partial charge in [0, 0.05) is 17.7 Å². The normalized spacial score (nSPS) is 10.1. The van der Waals surface area contributed by atoms with Gasteiger partial charge in [0.05, 0.1) is 15.8 Å². The van der Waals surface area contributed by atoms with Crippen LogP contribution in [0.4, 0.5) is 5.69 Å². The largest absolute Gasteiger partial charge is 0.293 e. The molecule has 0 saturated heterocycles. The molecule has 15 heavy (non-hydrogen) atoms. The molecule has 0 aromatic heterocycles. The Morgan fingerprint density at radius 2 is 2.13 bits per heavy atom. The highest BCUT2D eigenvalue weighted by Gasteiger charge is 2.17. The summed E-state index contributed by atoms with van der Waals surface area (Å²) in [6.07, 6.45) is 0. The molecule has 0 unspecified atom stereocenters. The average molecular weight is 248 g/mol. The second-order valence-corrected chi connectivity index (χ2v) is 3.61. The van der Waals surface area contributed by atoms with Gasteiger partial charge in [-0.15, -0.1) is 11.6 Å². The fraction of sp³-hybridized carbons (Fsp3) is 0.222. The molecule has 0 amide bonds. The predicted octanol–water partition coefficient (Wildman–Crippen LogP) is 2.98. The Kier molecular flexibility index (Phi) is 3.66. The minimum atomic E-state index is -0.562. The molecule has 0 aliphatic rings. The van der Waals surface area contributed by atoms with Crippen LogP contribution in [0.1, 0.15) is 15.9 Å². The third kappa shape index (κ3) is 2.46. The van der Waals surface area contributed by atoms with E-state index in [1.54, 1.807) is 6.92 Å². The highest BCUT2D eigenvalue weighted by molar-refractivity contribution is 6.37. The number of nitrogens with zero attached hydrogens (tertiary/aromatic N) is 1. The summed E-state index contributed by atoms with van der Waals surface area (Å²) in [4.78, 5) is 21.3. The number of Topliss-reactive ketones (excluding diaryl/α,β-unsaturated/α-hetero) is 1. The van der Waals surface area contributed by atoms with Gasteiger partial charge in [-0.05, 0) is 12.5 Å². The third-order valence-electron chi connectivity index (χ3n) is 1.88. The Balaban J connectivity index is 3.33. The van der Waals surface area contributed by atoms with Crippen molar-refractivity contribution in [2.24, 2.45) is 0 Å². The third-order valence-corrected chi connectivity index (χ3v) is 2.42. The Labute approximate surface area is 95.9 Å². The number of carbonyl (C=O) groups is 1. The van der Waals surface area contributed by atoms with E-state index in [1.165, 1.54) is 6.07 Å². The lowest BCUT2D eigenvalue weighted by atomic mass is 10.0. The number of rotatable bonds is 3. The topological polar surface area (TPSA) is 60.2 Å². The number of nitro benzene ring substituents is 1. The van der Waals surface area contributed by atoms with Crippen molar-refractivity contribution < 1.29 is 9.72 Å². The van der Waals surface area contributed by atoms with E-state index in [0.717, 1.165) is 6.07 Å². The lowest BCUT2D eigenvalue weighted by Crippen LogP contribution is -2.05. The van der Waals surface area contributed by atoms with Crippen molar-refractivity contribution >= 4 is 34.7 Å². The van der Waals surface area contributed by atoms with Gasteiger partial charge in [-0.25, -0.2) is 0 Å². The molecule has 4 nitrogen and oxygen atoms in total. The summed E-state index contributed by atoms with van der Waals surface area (Å²) in [5.41, 5.74) is 0.570. The number of aryl methyl sites for hydroxylation is 1. The monoisotopic (exact) mass is 247 g/mol. The van der Waals surface area contributed by atoms with Crippen molar-refractivity contribution in [2.45, 2.75) is 6.92 Å². The van der Waals surface area contributed by atoms with E-state index in [-0.39, 0.29) is 27.9 Å². The molecule has 1 rings (SSSR count). The summed E-state index contributed by atoms with van der Waals surface area (Å²) in [7, 11) is 0. The molecular weight excluding hydrogens is 241 g/mol. The molecule has 0 radical (unpaired) electrons. The van der Waals surface area contributed by atoms with Crippen LogP contribution in [0, 0.1) is 17.0 Å². The number of nitro groups is 1. The van der Waals surface area contributed by atoms with Crippen LogP contribution in [-0.2, 0) is 0 Å². The van der Waals surface area contributed by atoms with Gasteiger partial charge in [0.2, 0.25) is 0 Å². The Morgan fingerprint density at radius 1 is 1.53 bits per heavy atom. The number of benzene rings is 1. The van der Waals surface area contributed by atoms with Crippen LogP contribution in [0.5, 0.6) is 0 Å². The first-order chi connectivity index (χ1) is 6.97. The van der Waals surface area contributed by atoms with Gasteiger partial charge in [-0.2, -0.15) is 0 Å². The summed E-state index contributed by atoms with van der Waals surface area (Å²) in [5.74, 6) is -0.535. The zero-order chi connectivity index (χ0) is 11.6. The minimum Gasteiger partial charge on any atom is -0.293 e. The molecule has 1 aromatic rings. The van der Waals surface area contributed by atoms with Gasteiger partial charge in [0.1, 0.15) is 0 Å². The summed E-state index contributed by atoms with van der Waals surface area (Å²) in [6.45, 7) is 1.58. The van der Waals surface area contributed by atoms with E-state index in [1.807, 2.05) is 0 Å². The number of carbonyl (C=O) groups excluding carboxylic acids is 1. The maximum atomic E-state index is 11.4. The molecule has 0 atom stereocenters. The van der Waals surface area contributed by atoms with E-state index in [2.05, 4.69) is 0 Å². The summed E-state index contributed by atoms with van der Waals surface area (Å²) in [6, 6.07) is 2.44. The van der Waals surface area contributed by atoms with Crippen molar-refractivity contribution in [3.05, 3.63) is 38.4 Å². The van der Waals surface area contributed by atoms with E-state index in [0.29, 0.717) is 5.56 Å². The molecule has 0 N–H and O–H groups in total. The Hall–Kier alpha value is -1.13. The Bertz CT molecular complexity index is 408. The van der Waals surface area contributed by atoms with Crippen molar-refractivity contribution in [1.29, 1.82) is 0 Å². The van der Waals surface area contributed by atoms with Crippen LogP contribution >= 0.6 is 23.2 Å². The molecule has 0 aliphatic heterocycles. The van der Waals surface area contributed by atoms with Crippen LogP contribution in [0.15, 0.2) is 12.1 Å². The van der Waals surface area contributed by atoms with E-state index in [9.17, 15) is 14.9 Å². The van der Waals surface area contributed by atoms with Crippen LogP contribution < -0.4 is 0 Å². The maximum absolute atomic E-state index is 11.4. The lowest BCUT2D eigenvalue weighted by molar-refractivity contribution is -0.384. The lowest BCUT2D eigenvalue weighted by Gasteiger charge is -2.05. The Morgan fingerprint density at radius 3 is 2.53 bits per heavy atom. The molecule has 0 fully saturated rings. The molecule has 0 bridgehead atoms. The standard InChI is InChI=1S/C9H7Cl2NO3/c1-5-2-6(12(14)15)3-7(11)9(5)8(13)4-10/h2-3H,4H2,1H3. The van der Waals surface area contributed by atoms with E-state index < -0.39 is 4.92 Å². The first-order valence-electron chi connectivity index (χ1n) is 4.01. The smallest absolute Gasteiger partial charge is 0.271 e. The van der Waals surface area contributed by atoms with Crippen molar-refractivity contribution in [3.8, 4) is 0 Å². The zero-order valence-corrected chi connectivity index (χ0v) is 9.30. The van der Waals surface area contributed by atoms with Gasteiger partial charge in [-0.1, -0.05) is 11.6 Å². The summed E-state index contributed by atoms with van der Waals surface area (Å²) >= 11 is 11.2. The molecule has 0 heterocycles. The van der Waals surface area contributed by atoms with E-state index >= 15 is 0 Å². The highest BCUT2D eigenvalue weighted by Crippen LogP contribution is 2.26. The zero-order valence-electron chi connectivity index (χ0n) is 7.79. The number of non-ortho nitro benzene ring substituents is 1. The van der Waals surface area contributed by atoms with Gasteiger partial charge >= 0.3 is 0 Å². The van der Waals surface area contributed by atoms with Crippen molar-refractivity contribution in [2.75, 3.05) is 5.88 Å². The van der Waals surface area contributed by atoms with Crippen molar-refractivity contribution in [1.82, 2.24) is 0 Å². The minimum absolute atomic E-state index is 0.0624. The van der Waals surface area contributed by atoms with Gasteiger partial charge in [0.25, 0.3) is 5.69 Å². The fourth-order valence-electron chi connectivity index (χ4n) is 1.25. The summed E-state index contributed by atoms with van der Waals surface area (Å²) in [5, 5.41) is 10.6. The van der Waals surface area contributed by atoms with Crippen LogP contribution in [0.3, 0.4) is 0 Å². The first kappa shape index (κ1) is 11.9. The summed E-state index contributed by atoms with van der Waals surface area (Å²) < 4.78 is 0. The molecule has 0 aliphatic carbocycles. The highest BCUT2D eigenvalue weighted by atomic mass is 35.5. The SMILES string of the molecule is Cc1cc([N+](=O)[O-])cc(Cl)c1C(=O)CCl. The number of hydrogen-bond acceptors (Lipinski definition) is 3. The molecule has 0 spiro atoms. The first-order valence-corrected chi connectivity index (χ1v) is 4.92. The van der Waals surface area contributed by atoms with E-state index in [4.69, 9.17) is 23.2 Å². The molecule has 1 aromatic carbocycles. The second-order valence-electron chi connectivity index (χ2n) is 2.93. The predicted molar refractivity (Wildman–Crippen MR) is 57.9 cm³/mol. The molecule has 6 heteroatoms. The van der Waals surface area contributed by atoms with Crippen molar-refractivity contribution in [3.63, 3.8) is 0 Å². The second kappa shape index (κ2) is 4.59. The van der Waals surface area contributed by atoms with Crippen LogP contribution in [-0.4, -0.2) is 16.6 Å². The molecule has 80 valence electrons. The van der Waals surface area contributed by atoms with Gasteiger partial charge in [0.15, 0.2) is 5.78 Å². The quantitative estimate of drug-likeness (QED) is 0.357.